The van der Waals surface area contributed by atoms with Gasteiger partial charge in [-0.3, -0.25) is 0 Å². The Labute approximate surface area is 115 Å². The highest BCUT2D eigenvalue weighted by atomic mass is 16.3. The Morgan fingerprint density at radius 3 is 2.79 bits per heavy atom. The van der Waals surface area contributed by atoms with Crippen molar-refractivity contribution >= 4 is 0 Å². The second kappa shape index (κ2) is 5.61. The number of aliphatic hydroxyl groups is 2. The summed E-state index contributed by atoms with van der Waals surface area (Å²) in [5.41, 5.74) is 3.17. The first-order valence-corrected chi connectivity index (χ1v) is 7.17. The van der Waals surface area contributed by atoms with Gasteiger partial charge < -0.3 is 15.5 Å². The number of nitrogens with one attached hydrogen (secondary N) is 1. The van der Waals surface area contributed by atoms with Gasteiger partial charge in [0.25, 0.3) is 0 Å². The molecule has 1 heterocycles. The third kappa shape index (κ3) is 3.16. The summed E-state index contributed by atoms with van der Waals surface area (Å²) in [4.78, 5) is 0. The highest BCUT2D eigenvalue weighted by Crippen LogP contribution is 2.30. The molecule has 1 aromatic carbocycles. The fourth-order valence-corrected chi connectivity index (χ4v) is 2.88. The second-order valence-corrected chi connectivity index (χ2v) is 5.98. The van der Waals surface area contributed by atoms with E-state index in [2.05, 4.69) is 30.4 Å². The van der Waals surface area contributed by atoms with Crippen molar-refractivity contribution in [3.05, 3.63) is 34.9 Å². The Hall–Kier alpha value is -0.900. The molecule has 0 radical (unpaired) electrons. The minimum Gasteiger partial charge on any atom is -0.395 e. The average molecular weight is 263 g/mol. The van der Waals surface area contributed by atoms with E-state index in [0.29, 0.717) is 6.42 Å². The van der Waals surface area contributed by atoms with Crippen LogP contribution in [-0.4, -0.2) is 28.5 Å². The molecule has 0 aromatic heterocycles. The quantitative estimate of drug-likeness (QED) is 0.778. The molecule has 0 saturated carbocycles. The van der Waals surface area contributed by atoms with E-state index >= 15 is 0 Å². The summed E-state index contributed by atoms with van der Waals surface area (Å²) in [6, 6.07) is 6.69. The zero-order chi connectivity index (χ0) is 14.0. The lowest BCUT2D eigenvalue weighted by Crippen LogP contribution is -2.41. The summed E-state index contributed by atoms with van der Waals surface area (Å²) in [6.07, 6.45) is 2.26. The standard InChI is InChI=1S/C16H25NO2/c1-4-16(3,19)9-12-6-5-7-14-11(2)17-13(10-18)8-15(12)14/h5-7,11,13,17-19H,4,8-10H2,1-3H3/t11-,13+,16?/m0/s1. The van der Waals surface area contributed by atoms with Crippen LogP contribution in [-0.2, 0) is 12.8 Å². The largest absolute Gasteiger partial charge is 0.395 e. The fraction of sp³-hybridized carbons (Fsp3) is 0.625. The van der Waals surface area contributed by atoms with Crippen molar-refractivity contribution in [3.63, 3.8) is 0 Å². The van der Waals surface area contributed by atoms with Gasteiger partial charge in [-0.2, -0.15) is 0 Å². The number of hydrogen-bond acceptors (Lipinski definition) is 3. The van der Waals surface area contributed by atoms with Gasteiger partial charge in [-0.05, 0) is 43.4 Å². The van der Waals surface area contributed by atoms with Crippen LogP contribution in [0.5, 0.6) is 0 Å². The Morgan fingerprint density at radius 2 is 2.16 bits per heavy atom. The highest BCUT2D eigenvalue weighted by Gasteiger charge is 2.27. The summed E-state index contributed by atoms with van der Waals surface area (Å²) < 4.78 is 0. The van der Waals surface area contributed by atoms with Gasteiger partial charge in [0, 0.05) is 18.5 Å². The van der Waals surface area contributed by atoms with Crippen molar-refractivity contribution < 1.29 is 10.2 Å². The first kappa shape index (κ1) is 14.5. The molecule has 1 aromatic rings. The van der Waals surface area contributed by atoms with Crippen molar-refractivity contribution in [2.24, 2.45) is 0 Å². The van der Waals surface area contributed by atoms with Gasteiger partial charge in [0.2, 0.25) is 0 Å². The molecule has 2 rings (SSSR count). The first-order valence-electron chi connectivity index (χ1n) is 7.17. The molecule has 1 aliphatic heterocycles. The fourth-order valence-electron chi connectivity index (χ4n) is 2.88. The smallest absolute Gasteiger partial charge is 0.0657 e. The van der Waals surface area contributed by atoms with E-state index in [4.69, 9.17) is 0 Å². The molecule has 0 fully saturated rings. The predicted octanol–water partition coefficient (Wildman–Crippen LogP) is 1.96. The predicted molar refractivity (Wildman–Crippen MR) is 77.2 cm³/mol. The number of aliphatic hydroxyl groups excluding tert-OH is 1. The maximum absolute atomic E-state index is 10.3. The van der Waals surface area contributed by atoms with Crippen molar-refractivity contribution in [2.45, 2.75) is 57.7 Å². The second-order valence-electron chi connectivity index (χ2n) is 5.98. The van der Waals surface area contributed by atoms with Crippen molar-refractivity contribution in [1.82, 2.24) is 5.32 Å². The molecule has 0 bridgehead atoms. The lowest BCUT2D eigenvalue weighted by atomic mass is 9.83. The van der Waals surface area contributed by atoms with Crippen LogP contribution in [0.3, 0.4) is 0 Å². The maximum Gasteiger partial charge on any atom is 0.0657 e. The molecule has 1 aliphatic rings. The molecule has 1 unspecified atom stereocenters. The van der Waals surface area contributed by atoms with Gasteiger partial charge in [0.15, 0.2) is 0 Å². The summed E-state index contributed by atoms with van der Waals surface area (Å²) in [5.74, 6) is 0. The van der Waals surface area contributed by atoms with E-state index < -0.39 is 5.60 Å². The van der Waals surface area contributed by atoms with E-state index in [1.165, 1.54) is 16.7 Å². The Balaban J connectivity index is 2.34. The number of hydrogen-bond donors (Lipinski definition) is 3. The molecular weight excluding hydrogens is 238 g/mol. The lowest BCUT2D eigenvalue weighted by molar-refractivity contribution is 0.0561. The van der Waals surface area contributed by atoms with Crippen LogP contribution in [0.4, 0.5) is 0 Å². The van der Waals surface area contributed by atoms with E-state index in [1.807, 2.05) is 13.8 Å². The first-order chi connectivity index (χ1) is 8.96. The Morgan fingerprint density at radius 1 is 1.42 bits per heavy atom. The summed E-state index contributed by atoms with van der Waals surface area (Å²) in [7, 11) is 0. The van der Waals surface area contributed by atoms with Gasteiger partial charge in [-0.15, -0.1) is 0 Å². The van der Waals surface area contributed by atoms with Crippen molar-refractivity contribution in [1.29, 1.82) is 0 Å². The van der Waals surface area contributed by atoms with Crippen LogP contribution in [0.1, 0.15) is 49.9 Å². The monoisotopic (exact) mass is 263 g/mol. The van der Waals surface area contributed by atoms with Gasteiger partial charge in [0.05, 0.1) is 12.2 Å². The van der Waals surface area contributed by atoms with Crippen LogP contribution < -0.4 is 5.32 Å². The van der Waals surface area contributed by atoms with Gasteiger partial charge in [0.1, 0.15) is 0 Å². The van der Waals surface area contributed by atoms with Crippen LogP contribution >= 0.6 is 0 Å². The molecule has 3 heteroatoms. The molecule has 19 heavy (non-hydrogen) atoms. The van der Waals surface area contributed by atoms with E-state index in [0.717, 1.165) is 12.8 Å². The van der Waals surface area contributed by atoms with Gasteiger partial charge in [-0.25, -0.2) is 0 Å². The third-order valence-electron chi connectivity index (χ3n) is 4.27. The van der Waals surface area contributed by atoms with Crippen molar-refractivity contribution in [2.75, 3.05) is 6.61 Å². The minimum absolute atomic E-state index is 0.121. The van der Waals surface area contributed by atoms with E-state index in [-0.39, 0.29) is 18.7 Å². The SMILES string of the molecule is CCC(C)(O)Cc1cccc2c1C[C@H](CO)N[C@H]2C. The highest BCUT2D eigenvalue weighted by molar-refractivity contribution is 5.40. The molecule has 0 spiro atoms. The van der Waals surface area contributed by atoms with E-state index in [1.54, 1.807) is 0 Å². The normalized spacial score (nSPS) is 25.7. The molecule has 106 valence electrons. The van der Waals surface area contributed by atoms with E-state index in [9.17, 15) is 10.2 Å². The zero-order valence-corrected chi connectivity index (χ0v) is 12.1. The van der Waals surface area contributed by atoms with Crippen LogP contribution in [0, 0.1) is 0 Å². The Bertz CT molecular complexity index is 442. The molecule has 0 amide bonds. The number of benzene rings is 1. The zero-order valence-electron chi connectivity index (χ0n) is 12.1. The molecule has 0 aliphatic carbocycles. The van der Waals surface area contributed by atoms with Crippen molar-refractivity contribution in [3.8, 4) is 0 Å². The number of fused-ring (bicyclic) bond motifs is 1. The third-order valence-corrected chi connectivity index (χ3v) is 4.27. The van der Waals surface area contributed by atoms with Gasteiger partial charge in [-0.1, -0.05) is 25.1 Å². The molecule has 0 saturated heterocycles. The van der Waals surface area contributed by atoms with Crippen LogP contribution in [0.2, 0.25) is 0 Å². The molecule has 3 atom stereocenters. The summed E-state index contributed by atoms with van der Waals surface area (Å²) >= 11 is 0. The topological polar surface area (TPSA) is 52.5 Å². The summed E-state index contributed by atoms with van der Waals surface area (Å²) in [6.45, 7) is 6.18. The maximum atomic E-state index is 10.3. The molecular formula is C16H25NO2. The lowest BCUT2D eigenvalue weighted by Gasteiger charge is -2.33. The van der Waals surface area contributed by atoms with Crippen LogP contribution in [0.15, 0.2) is 18.2 Å². The van der Waals surface area contributed by atoms with Gasteiger partial charge >= 0.3 is 0 Å². The van der Waals surface area contributed by atoms with Crippen LogP contribution in [0.25, 0.3) is 0 Å². The summed E-state index contributed by atoms with van der Waals surface area (Å²) in [5, 5.41) is 23.1. The minimum atomic E-state index is -0.655. The Kier molecular flexibility index (Phi) is 4.29. The molecule has 3 N–H and O–H groups in total. The molecule has 3 nitrogen and oxygen atoms in total. The average Bonchev–Trinajstić information content (AvgIpc) is 2.39. The number of rotatable bonds is 4.